The molecule has 2 N–H and O–H groups in total. The van der Waals surface area contributed by atoms with Gasteiger partial charge in [0.15, 0.2) is 0 Å². The number of rotatable bonds is 5. The van der Waals surface area contributed by atoms with E-state index in [1.54, 1.807) is 6.07 Å². The molecule has 3 aliphatic rings. The van der Waals surface area contributed by atoms with Gasteiger partial charge in [-0.15, -0.1) is 5.10 Å². The minimum absolute atomic E-state index is 0.0514. The Labute approximate surface area is 193 Å². The van der Waals surface area contributed by atoms with Gasteiger partial charge in [0, 0.05) is 6.54 Å². The topological polar surface area (TPSA) is 101 Å². The number of hydrogen-bond donors (Lipinski definition) is 2. The van der Waals surface area contributed by atoms with Gasteiger partial charge in [0.05, 0.1) is 45.9 Å². The molecule has 3 aromatic rings. The van der Waals surface area contributed by atoms with Crippen molar-refractivity contribution < 1.29 is 18.7 Å². The van der Waals surface area contributed by atoms with Crippen LogP contribution >= 0.6 is 11.6 Å². The molecule has 33 heavy (non-hydrogen) atoms. The zero-order valence-electron chi connectivity index (χ0n) is 17.5. The van der Waals surface area contributed by atoms with Gasteiger partial charge in [0.25, 0.3) is 5.91 Å². The third-order valence-electron chi connectivity index (χ3n) is 6.57. The van der Waals surface area contributed by atoms with Crippen LogP contribution in [0.5, 0.6) is 0 Å². The second-order valence-electron chi connectivity index (χ2n) is 8.36. The van der Waals surface area contributed by atoms with E-state index in [0.717, 1.165) is 18.4 Å². The number of halogens is 3. The van der Waals surface area contributed by atoms with Crippen molar-refractivity contribution in [2.45, 2.75) is 37.0 Å². The number of amides is 1. The fraction of sp³-hybridized carbons (Fsp3) is 0.348. The van der Waals surface area contributed by atoms with E-state index in [9.17, 15) is 13.6 Å². The van der Waals surface area contributed by atoms with Gasteiger partial charge in [-0.1, -0.05) is 17.7 Å². The molecule has 2 heterocycles. The number of aliphatic hydroxyl groups excluding tert-OH is 1. The predicted octanol–water partition coefficient (Wildman–Crippen LogP) is 3.54. The summed E-state index contributed by atoms with van der Waals surface area (Å²) in [6.45, 7) is -0.123. The fourth-order valence-electron chi connectivity index (χ4n) is 5.02. The molecule has 10 heteroatoms. The number of hydrogen-bond acceptors (Lipinski definition) is 6. The largest absolute Gasteiger partial charge is 0.395 e. The van der Waals surface area contributed by atoms with Crippen LogP contribution in [-0.4, -0.2) is 44.3 Å². The molecule has 3 aliphatic carbocycles. The van der Waals surface area contributed by atoms with Crippen LogP contribution in [0.25, 0.3) is 11.3 Å². The Morgan fingerprint density at radius 2 is 1.91 bits per heavy atom. The van der Waals surface area contributed by atoms with Gasteiger partial charge < -0.3 is 10.4 Å². The average molecular weight is 472 g/mol. The highest BCUT2D eigenvalue weighted by Gasteiger charge is 2.50. The van der Waals surface area contributed by atoms with Crippen LogP contribution < -0.4 is 5.32 Å². The first-order valence-electron chi connectivity index (χ1n) is 10.7. The molecule has 0 saturated heterocycles. The monoisotopic (exact) mass is 471 g/mol. The van der Waals surface area contributed by atoms with E-state index >= 15 is 0 Å². The number of aromatic nitrogens is 4. The van der Waals surface area contributed by atoms with Gasteiger partial charge in [0.1, 0.15) is 11.6 Å². The predicted molar refractivity (Wildman–Crippen MR) is 116 cm³/mol. The maximum atomic E-state index is 14.4. The molecule has 170 valence electrons. The Balaban J connectivity index is 1.62. The molecular formula is C23H20ClF2N5O2. The number of nitrogens with zero attached hydrogens (tertiary/aromatic N) is 4. The summed E-state index contributed by atoms with van der Waals surface area (Å²) in [5.74, 6) is -1.77. The van der Waals surface area contributed by atoms with Crippen molar-refractivity contribution in [2.75, 3.05) is 13.2 Å². The van der Waals surface area contributed by atoms with E-state index in [1.165, 1.54) is 24.4 Å². The van der Waals surface area contributed by atoms with E-state index in [-0.39, 0.29) is 36.2 Å². The van der Waals surface area contributed by atoms with E-state index in [4.69, 9.17) is 16.7 Å². The molecule has 2 bridgehead atoms. The first-order chi connectivity index (χ1) is 15.9. The molecule has 1 amide bonds. The first-order valence-corrected chi connectivity index (χ1v) is 11.1. The molecule has 2 aromatic heterocycles. The highest BCUT2D eigenvalue weighted by atomic mass is 35.5. The van der Waals surface area contributed by atoms with Crippen LogP contribution in [0.2, 0.25) is 5.02 Å². The van der Waals surface area contributed by atoms with E-state index in [1.807, 2.05) is 0 Å². The van der Waals surface area contributed by atoms with Crippen molar-refractivity contribution in [2.24, 2.45) is 0 Å². The minimum atomic E-state index is -0.697. The van der Waals surface area contributed by atoms with Crippen LogP contribution in [-0.2, 0) is 5.41 Å². The van der Waals surface area contributed by atoms with Crippen LogP contribution in [0.1, 0.15) is 59.2 Å². The van der Waals surface area contributed by atoms with E-state index < -0.39 is 23.0 Å². The Kier molecular flexibility index (Phi) is 5.54. The van der Waals surface area contributed by atoms with Gasteiger partial charge >= 0.3 is 0 Å². The number of nitrogens with one attached hydrogen (secondary N) is 1. The summed E-state index contributed by atoms with van der Waals surface area (Å²) in [6.07, 6.45) is 4.46. The SMILES string of the molecule is O=C(NCCO)c1ncc(Cl)c(C23CCC(CC2)c2cc(-c4c(F)cccc4F)nnc23)n1. The fourth-order valence-corrected chi connectivity index (χ4v) is 5.29. The van der Waals surface area contributed by atoms with E-state index in [0.29, 0.717) is 29.3 Å². The summed E-state index contributed by atoms with van der Waals surface area (Å²) in [5.41, 5.74) is 1.31. The maximum Gasteiger partial charge on any atom is 0.289 e. The normalized spacial score (nSPS) is 21.0. The molecule has 0 atom stereocenters. The lowest BCUT2D eigenvalue weighted by Gasteiger charge is -2.46. The van der Waals surface area contributed by atoms with Crippen LogP contribution in [0.4, 0.5) is 8.78 Å². The Bertz CT molecular complexity index is 1230. The van der Waals surface area contributed by atoms with E-state index in [2.05, 4.69) is 25.5 Å². The Morgan fingerprint density at radius 3 is 2.61 bits per heavy atom. The summed E-state index contributed by atoms with van der Waals surface area (Å²) in [6, 6.07) is 5.41. The number of aliphatic hydroxyl groups is 1. The number of carbonyl (C=O) groups is 1. The molecule has 7 nitrogen and oxygen atoms in total. The highest BCUT2D eigenvalue weighted by molar-refractivity contribution is 6.31. The van der Waals surface area contributed by atoms with Crippen LogP contribution in [0.3, 0.4) is 0 Å². The molecular weight excluding hydrogens is 452 g/mol. The summed E-state index contributed by atoms with van der Waals surface area (Å²) < 4.78 is 28.7. The minimum Gasteiger partial charge on any atom is -0.395 e. The molecule has 1 fully saturated rings. The average Bonchev–Trinajstić information content (AvgIpc) is 2.83. The van der Waals surface area contributed by atoms with Gasteiger partial charge in [-0.25, -0.2) is 18.7 Å². The van der Waals surface area contributed by atoms with Crippen LogP contribution in [0, 0.1) is 11.6 Å². The Morgan fingerprint density at radius 1 is 1.18 bits per heavy atom. The van der Waals surface area contributed by atoms with Crippen molar-refractivity contribution in [3.05, 3.63) is 69.9 Å². The smallest absolute Gasteiger partial charge is 0.289 e. The van der Waals surface area contributed by atoms with Crippen molar-refractivity contribution >= 4 is 17.5 Å². The van der Waals surface area contributed by atoms with Crippen molar-refractivity contribution in [3.8, 4) is 11.3 Å². The molecule has 0 radical (unpaired) electrons. The number of fused-ring (bicyclic) bond motifs is 2. The zero-order chi connectivity index (χ0) is 23.2. The lowest BCUT2D eigenvalue weighted by atomic mass is 9.58. The lowest BCUT2D eigenvalue weighted by Crippen LogP contribution is -2.42. The summed E-state index contributed by atoms with van der Waals surface area (Å²) >= 11 is 6.52. The second-order valence-corrected chi connectivity index (χ2v) is 8.76. The third-order valence-corrected chi connectivity index (χ3v) is 6.85. The zero-order valence-corrected chi connectivity index (χ0v) is 18.2. The van der Waals surface area contributed by atoms with Crippen LogP contribution in [0.15, 0.2) is 30.5 Å². The molecule has 0 spiro atoms. The number of carbonyl (C=O) groups excluding carboxylic acids is 1. The molecule has 0 unspecified atom stereocenters. The summed E-state index contributed by atoms with van der Waals surface area (Å²) in [4.78, 5) is 20.9. The summed E-state index contributed by atoms with van der Waals surface area (Å²) in [5, 5.41) is 20.4. The molecule has 0 aliphatic heterocycles. The molecule has 1 aromatic carbocycles. The van der Waals surface area contributed by atoms with Crippen molar-refractivity contribution in [1.82, 2.24) is 25.5 Å². The molecule has 6 rings (SSSR count). The maximum absolute atomic E-state index is 14.4. The quantitative estimate of drug-likeness (QED) is 0.590. The first kappa shape index (κ1) is 21.8. The second kappa shape index (κ2) is 8.39. The summed E-state index contributed by atoms with van der Waals surface area (Å²) in [7, 11) is 0. The van der Waals surface area contributed by atoms with Crippen molar-refractivity contribution in [1.29, 1.82) is 0 Å². The highest BCUT2D eigenvalue weighted by Crippen LogP contribution is 2.56. The lowest BCUT2D eigenvalue weighted by molar-refractivity contribution is 0.0933. The van der Waals surface area contributed by atoms with Gasteiger partial charge in [0.2, 0.25) is 5.82 Å². The van der Waals surface area contributed by atoms with Gasteiger partial charge in [-0.05, 0) is 55.4 Å². The van der Waals surface area contributed by atoms with Gasteiger partial charge in [-0.2, -0.15) is 5.10 Å². The third kappa shape index (κ3) is 3.55. The standard InChI is InChI=1S/C23H20ClF2N5O2/c24-14-11-28-21(22(33)27-8-9-32)29-20(14)23-6-4-12(5-7-23)13-10-17(30-31-19(13)23)18-15(25)2-1-3-16(18)26/h1-3,10-12,32H,4-9H2,(H,27,33). The van der Waals surface area contributed by atoms with Gasteiger partial charge in [-0.3, -0.25) is 4.79 Å². The number of benzene rings is 1. The Hall–Kier alpha value is -3.04. The van der Waals surface area contributed by atoms with Crippen molar-refractivity contribution in [3.63, 3.8) is 0 Å². The molecule has 1 saturated carbocycles.